The molecule has 0 bridgehead atoms. The number of aryl methyl sites for hydroxylation is 4. The van der Waals surface area contributed by atoms with E-state index in [1.807, 2.05) is 32.9 Å². The third-order valence-corrected chi connectivity index (χ3v) is 8.23. The molecule has 0 aliphatic heterocycles. The Bertz CT molecular complexity index is 1490. The Kier molecular flexibility index (Phi) is 8.02. The van der Waals surface area contributed by atoms with Gasteiger partial charge >= 0.3 is 0 Å². The van der Waals surface area contributed by atoms with Crippen LogP contribution in [0.1, 0.15) is 71.5 Å². The van der Waals surface area contributed by atoms with Crippen molar-refractivity contribution in [2.24, 2.45) is 11.8 Å². The molecule has 0 fully saturated rings. The molecular formula is C30H35N3O4S. The molecule has 0 saturated heterocycles. The van der Waals surface area contributed by atoms with Crippen molar-refractivity contribution < 1.29 is 17.9 Å². The first-order chi connectivity index (χ1) is 17.9. The van der Waals surface area contributed by atoms with Gasteiger partial charge in [0.1, 0.15) is 11.3 Å². The van der Waals surface area contributed by atoms with Gasteiger partial charge in [-0.2, -0.15) is 8.42 Å². The topological polar surface area (TPSA) is 98.2 Å². The Labute approximate surface area is 225 Å². The first-order valence-electron chi connectivity index (χ1n) is 12.9. The summed E-state index contributed by atoms with van der Waals surface area (Å²) in [7, 11) is -4.19. The van der Waals surface area contributed by atoms with Crippen molar-refractivity contribution in [3.63, 3.8) is 0 Å². The maximum Gasteiger partial charge on any atom is 0.281 e. The molecule has 1 unspecified atom stereocenters. The van der Waals surface area contributed by atoms with Gasteiger partial charge in [-0.05, 0) is 99.8 Å². The van der Waals surface area contributed by atoms with Crippen LogP contribution in [-0.4, -0.2) is 24.3 Å². The van der Waals surface area contributed by atoms with Crippen molar-refractivity contribution >= 4 is 21.5 Å². The zero-order valence-electron chi connectivity index (χ0n) is 22.8. The van der Waals surface area contributed by atoms with Gasteiger partial charge in [0, 0.05) is 5.69 Å². The second kappa shape index (κ2) is 11.1. The van der Waals surface area contributed by atoms with Crippen LogP contribution in [0.25, 0.3) is 5.57 Å². The van der Waals surface area contributed by atoms with E-state index in [0.717, 1.165) is 47.2 Å². The van der Waals surface area contributed by atoms with Gasteiger partial charge < -0.3 is 4.74 Å². The zero-order chi connectivity index (χ0) is 27.6. The number of allylic oxidation sites excluding steroid dienone is 2. The number of sulfonamides is 1. The van der Waals surface area contributed by atoms with Crippen LogP contribution in [-0.2, 0) is 10.0 Å². The van der Waals surface area contributed by atoms with Gasteiger partial charge in [0.25, 0.3) is 15.9 Å². The first-order valence-corrected chi connectivity index (χ1v) is 14.4. The van der Waals surface area contributed by atoms with Gasteiger partial charge in [0.05, 0.1) is 5.69 Å². The van der Waals surface area contributed by atoms with Crippen LogP contribution in [0, 0.1) is 39.5 Å². The molecule has 1 amide bonds. The van der Waals surface area contributed by atoms with E-state index in [9.17, 15) is 13.2 Å². The van der Waals surface area contributed by atoms with E-state index in [1.165, 1.54) is 6.07 Å². The zero-order valence-corrected chi connectivity index (χ0v) is 23.6. The molecule has 1 aliphatic rings. The fourth-order valence-corrected chi connectivity index (χ4v) is 5.86. The predicted octanol–water partition coefficient (Wildman–Crippen LogP) is 6.46. The molecule has 38 heavy (non-hydrogen) atoms. The standard InChI is InChI=1S/C30H35N3O4S/c1-18(2)23-10-12-24(13-11-23)26-15-14-25(29(34)33-38(35,36)27-9-7-8-22(6)31-27)30(32-26)37-28-20(4)16-19(3)17-21(28)5/h7-9,12,14-18,23H,10-11,13H2,1-6H3,(H,33,34). The number of pyridine rings is 2. The quantitative estimate of drug-likeness (QED) is 0.374. The molecule has 2 heterocycles. The summed E-state index contributed by atoms with van der Waals surface area (Å²) in [5.74, 6) is 1.08. The Morgan fingerprint density at radius 2 is 1.74 bits per heavy atom. The normalized spacial score (nSPS) is 15.8. The molecule has 7 nitrogen and oxygen atoms in total. The Morgan fingerprint density at radius 3 is 2.34 bits per heavy atom. The number of nitrogens with zero attached hydrogens (tertiary/aromatic N) is 2. The highest BCUT2D eigenvalue weighted by molar-refractivity contribution is 7.90. The van der Waals surface area contributed by atoms with Crippen molar-refractivity contribution in [3.8, 4) is 11.6 Å². The summed E-state index contributed by atoms with van der Waals surface area (Å²) in [6, 6.07) is 11.9. The summed E-state index contributed by atoms with van der Waals surface area (Å²) >= 11 is 0. The summed E-state index contributed by atoms with van der Waals surface area (Å²) in [6.07, 6.45) is 5.15. The van der Waals surface area contributed by atoms with Gasteiger partial charge in [0.2, 0.25) is 5.88 Å². The summed E-state index contributed by atoms with van der Waals surface area (Å²) in [5.41, 5.74) is 5.28. The average molecular weight is 534 g/mol. The smallest absolute Gasteiger partial charge is 0.281 e. The number of nitrogens with one attached hydrogen (secondary N) is 1. The number of carbonyl (C=O) groups excluding carboxylic acids is 1. The van der Waals surface area contributed by atoms with Crippen LogP contribution < -0.4 is 9.46 Å². The molecule has 4 rings (SSSR count). The number of benzene rings is 1. The van der Waals surface area contributed by atoms with Gasteiger partial charge in [-0.25, -0.2) is 14.7 Å². The molecule has 3 aromatic rings. The summed E-state index contributed by atoms with van der Waals surface area (Å²) in [6.45, 7) is 12.0. The van der Waals surface area contributed by atoms with Gasteiger partial charge in [-0.3, -0.25) is 4.79 Å². The number of rotatable bonds is 7. The van der Waals surface area contributed by atoms with Gasteiger partial charge in [-0.15, -0.1) is 0 Å². The number of hydrogen-bond acceptors (Lipinski definition) is 6. The van der Waals surface area contributed by atoms with Crippen molar-refractivity contribution in [2.75, 3.05) is 0 Å². The third kappa shape index (κ3) is 6.13. The largest absolute Gasteiger partial charge is 0.438 e. The van der Waals surface area contributed by atoms with E-state index < -0.39 is 15.9 Å². The summed E-state index contributed by atoms with van der Waals surface area (Å²) in [4.78, 5) is 22.1. The maximum absolute atomic E-state index is 13.3. The molecule has 0 spiro atoms. The molecule has 200 valence electrons. The molecule has 1 atom stereocenters. The van der Waals surface area contributed by atoms with Crippen molar-refractivity contribution in [1.82, 2.24) is 14.7 Å². The number of hydrogen-bond donors (Lipinski definition) is 1. The minimum absolute atomic E-state index is 0.0285. The summed E-state index contributed by atoms with van der Waals surface area (Å²) in [5, 5.41) is -0.227. The van der Waals surface area contributed by atoms with Crippen molar-refractivity contribution in [1.29, 1.82) is 0 Å². The number of aromatic nitrogens is 2. The maximum atomic E-state index is 13.3. The molecule has 8 heteroatoms. The Balaban J connectivity index is 1.72. The van der Waals surface area contributed by atoms with Gasteiger partial charge in [-0.1, -0.05) is 43.7 Å². The summed E-state index contributed by atoms with van der Waals surface area (Å²) < 4.78 is 34.2. The lowest BCUT2D eigenvalue weighted by molar-refractivity contribution is 0.0978. The average Bonchev–Trinajstić information content (AvgIpc) is 2.86. The monoisotopic (exact) mass is 533 g/mol. The predicted molar refractivity (Wildman–Crippen MR) is 149 cm³/mol. The SMILES string of the molecule is Cc1cc(C)c(Oc2nc(C3=CCC(C(C)C)CC3)ccc2C(=O)NS(=O)(=O)c2cccc(C)n2)c(C)c1. The second-order valence-corrected chi connectivity index (χ2v) is 12.1. The lowest BCUT2D eigenvalue weighted by Crippen LogP contribution is -2.31. The van der Waals surface area contributed by atoms with Crippen LogP contribution >= 0.6 is 0 Å². The third-order valence-electron chi connectivity index (χ3n) is 7.00. The molecule has 1 N–H and O–H groups in total. The van der Waals surface area contributed by atoms with Gasteiger partial charge in [0.15, 0.2) is 5.03 Å². The number of amides is 1. The van der Waals surface area contributed by atoms with E-state index in [0.29, 0.717) is 23.3 Å². The fraction of sp³-hybridized carbons (Fsp3) is 0.367. The van der Waals surface area contributed by atoms with Crippen LogP contribution in [0.15, 0.2) is 53.6 Å². The minimum atomic E-state index is -4.19. The Morgan fingerprint density at radius 1 is 1.03 bits per heavy atom. The van der Waals surface area contributed by atoms with Crippen molar-refractivity contribution in [2.45, 2.75) is 65.8 Å². The van der Waals surface area contributed by atoms with E-state index in [-0.39, 0.29) is 16.5 Å². The lowest BCUT2D eigenvalue weighted by atomic mass is 9.81. The van der Waals surface area contributed by atoms with E-state index >= 15 is 0 Å². The van der Waals surface area contributed by atoms with Crippen LogP contribution in [0.4, 0.5) is 0 Å². The molecule has 2 aromatic heterocycles. The van der Waals surface area contributed by atoms with Crippen molar-refractivity contribution in [3.05, 3.63) is 82.2 Å². The van der Waals surface area contributed by atoms with E-state index in [1.54, 1.807) is 31.2 Å². The molecular weight excluding hydrogens is 498 g/mol. The lowest BCUT2D eigenvalue weighted by Gasteiger charge is -2.25. The highest BCUT2D eigenvalue weighted by atomic mass is 32.2. The van der Waals surface area contributed by atoms with Crippen LogP contribution in [0.2, 0.25) is 0 Å². The number of carbonyl (C=O) groups is 1. The first kappa shape index (κ1) is 27.5. The molecule has 1 aromatic carbocycles. The highest BCUT2D eigenvalue weighted by Crippen LogP contribution is 2.36. The Hall–Kier alpha value is -3.52. The fourth-order valence-electron chi connectivity index (χ4n) is 4.88. The molecule has 0 radical (unpaired) electrons. The van der Waals surface area contributed by atoms with Crippen LogP contribution in [0.3, 0.4) is 0 Å². The van der Waals surface area contributed by atoms with Crippen LogP contribution in [0.5, 0.6) is 11.6 Å². The molecule has 0 saturated carbocycles. The second-order valence-electron chi connectivity index (χ2n) is 10.4. The van der Waals surface area contributed by atoms with E-state index in [2.05, 4.69) is 29.6 Å². The minimum Gasteiger partial charge on any atom is -0.438 e. The van der Waals surface area contributed by atoms with E-state index in [4.69, 9.17) is 9.72 Å². The number of ether oxygens (including phenoxy) is 1. The highest BCUT2D eigenvalue weighted by Gasteiger charge is 2.26. The molecule has 1 aliphatic carbocycles.